The quantitative estimate of drug-likeness (QED) is 0.653. The summed E-state index contributed by atoms with van der Waals surface area (Å²) in [6.07, 6.45) is 11.6. The Labute approximate surface area is 113 Å². The van der Waals surface area contributed by atoms with Crippen molar-refractivity contribution in [1.29, 1.82) is 5.26 Å². The summed E-state index contributed by atoms with van der Waals surface area (Å²) in [5.41, 5.74) is 0. The van der Waals surface area contributed by atoms with Gasteiger partial charge in [-0.3, -0.25) is 0 Å². The molecular formula is C16H30N2. The van der Waals surface area contributed by atoms with Gasteiger partial charge in [-0.25, -0.2) is 0 Å². The highest BCUT2D eigenvalue weighted by atomic mass is 14.9. The van der Waals surface area contributed by atoms with Gasteiger partial charge in [-0.2, -0.15) is 5.26 Å². The first-order chi connectivity index (χ1) is 8.74. The fourth-order valence-corrected chi connectivity index (χ4v) is 2.85. The number of unbranched alkanes of at least 4 members (excludes halogenated alkanes) is 3. The van der Waals surface area contributed by atoms with Gasteiger partial charge in [0.1, 0.15) is 0 Å². The van der Waals surface area contributed by atoms with Crippen LogP contribution in [0.2, 0.25) is 0 Å². The molecule has 104 valence electrons. The van der Waals surface area contributed by atoms with Gasteiger partial charge in [0.2, 0.25) is 0 Å². The monoisotopic (exact) mass is 250 g/mol. The average Bonchev–Trinajstić information content (AvgIpc) is 2.37. The Morgan fingerprint density at radius 2 is 1.83 bits per heavy atom. The van der Waals surface area contributed by atoms with Gasteiger partial charge in [0, 0.05) is 6.04 Å². The molecule has 0 radical (unpaired) electrons. The lowest BCUT2D eigenvalue weighted by molar-refractivity contribution is 0.310. The highest BCUT2D eigenvalue weighted by molar-refractivity contribution is 4.94. The molecule has 2 unspecified atom stereocenters. The Kier molecular flexibility index (Phi) is 8.09. The zero-order valence-corrected chi connectivity index (χ0v) is 12.3. The molecule has 0 spiro atoms. The Morgan fingerprint density at radius 3 is 2.56 bits per heavy atom. The lowest BCUT2D eigenvalue weighted by atomic mass is 9.85. The average molecular weight is 250 g/mol. The van der Waals surface area contributed by atoms with Crippen LogP contribution in [-0.2, 0) is 0 Å². The van der Waals surface area contributed by atoms with E-state index in [1.807, 2.05) is 0 Å². The standard InChI is InChI=1S/C16H30N2/c1-14(2)9-5-3-4-8-12-18-16-11-7-6-10-15(16)13-17/h14-16,18H,3-12H2,1-2H3. The van der Waals surface area contributed by atoms with Crippen LogP contribution >= 0.6 is 0 Å². The summed E-state index contributed by atoms with van der Waals surface area (Å²) in [4.78, 5) is 0. The van der Waals surface area contributed by atoms with Gasteiger partial charge < -0.3 is 5.32 Å². The van der Waals surface area contributed by atoms with Gasteiger partial charge in [-0.15, -0.1) is 0 Å². The zero-order chi connectivity index (χ0) is 13.2. The van der Waals surface area contributed by atoms with Crippen molar-refractivity contribution >= 4 is 0 Å². The second-order valence-electron chi connectivity index (χ2n) is 6.18. The summed E-state index contributed by atoms with van der Waals surface area (Å²) in [5, 5.41) is 12.7. The molecule has 0 heterocycles. The molecule has 18 heavy (non-hydrogen) atoms. The second kappa shape index (κ2) is 9.39. The van der Waals surface area contributed by atoms with E-state index in [2.05, 4.69) is 25.2 Å². The minimum absolute atomic E-state index is 0.264. The molecule has 1 N–H and O–H groups in total. The Balaban J connectivity index is 1.98. The van der Waals surface area contributed by atoms with Gasteiger partial charge in [0.15, 0.2) is 0 Å². The van der Waals surface area contributed by atoms with Crippen molar-refractivity contribution in [3.8, 4) is 6.07 Å². The Hall–Kier alpha value is -0.550. The van der Waals surface area contributed by atoms with E-state index in [-0.39, 0.29) is 5.92 Å². The molecule has 1 rings (SSSR count). The minimum atomic E-state index is 0.264. The van der Waals surface area contributed by atoms with E-state index in [1.165, 1.54) is 51.4 Å². The predicted octanol–water partition coefficient (Wildman–Crippen LogP) is 4.26. The molecule has 0 aromatic carbocycles. The van der Waals surface area contributed by atoms with E-state index >= 15 is 0 Å². The smallest absolute Gasteiger partial charge is 0.0672 e. The van der Waals surface area contributed by atoms with Crippen LogP contribution in [0.3, 0.4) is 0 Å². The third-order valence-electron chi connectivity index (χ3n) is 4.05. The molecule has 0 bridgehead atoms. The van der Waals surface area contributed by atoms with E-state index in [9.17, 15) is 0 Å². The van der Waals surface area contributed by atoms with Crippen molar-refractivity contribution in [2.75, 3.05) is 6.54 Å². The first kappa shape index (κ1) is 15.5. The summed E-state index contributed by atoms with van der Waals surface area (Å²) in [7, 11) is 0. The number of rotatable bonds is 8. The van der Waals surface area contributed by atoms with Crippen LogP contribution in [0.5, 0.6) is 0 Å². The van der Waals surface area contributed by atoms with Crippen LogP contribution in [-0.4, -0.2) is 12.6 Å². The lowest BCUT2D eigenvalue weighted by Crippen LogP contribution is -2.38. The second-order valence-corrected chi connectivity index (χ2v) is 6.18. The molecule has 0 aromatic rings. The molecule has 2 nitrogen and oxygen atoms in total. The van der Waals surface area contributed by atoms with Gasteiger partial charge in [-0.1, -0.05) is 52.4 Å². The number of nitrogens with zero attached hydrogens (tertiary/aromatic N) is 1. The van der Waals surface area contributed by atoms with Gasteiger partial charge >= 0.3 is 0 Å². The van der Waals surface area contributed by atoms with E-state index in [1.54, 1.807) is 0 Å². The maximum absolute atomic E-state index is 9.10. The van der Waals surface area contributed by atoms with Crippen molar-refractivity contribution in [3.63, 3.8) is 0 Å². The third kappa shape index (κ3) is 6.40. The Bertz CT molecular complexity index is 242. The van der Waals surface area contributed by atoms with E-state index in [0.717, 1.165) is 18.9 Å². The van der Waals surface area contributed by atoms with Crippen molar-refractivity contribution in [2.24, 2.45) is 11.8 Å². The molecular weight excluding hydrogens is 220 g/mol. The van der Waals surface area contributed by atoms with E-state index in [4.69, 9.17) is 5.26 Å². The first-order valence-corrected chi connectivity index (χ1v) is 7.87. The molecule has 0 amide bonds. The molecule has 2 heteroatoms. The largest absolute Gasteiger partial charge is 0.313 e. The highest BCUT2D eigenvalue weighted by Gasteiger charge is 2.23. The summed E-state index contributed by atoms with van der Waals surface area (Å²) < 4.78 is 0. The molecule has 1 aliphatic rings. The molecule has 1 aliphatic carbocycles. The number of hydrogen-bond donors (Lipinski definition) is 1. The van der Waals surface area contributed by atoms with Crippen LogP contribution in [0, 0.1) is 23.2 Å². The number of hydrogen-bond acceptors (Lipinski definition) is 2. The maximum Gasteiger partial charge on any atom is 0.0672 e. The minimum Gasteiger partial charge on any atom is -0.313 e. The van der Waals surface area contributed by atoms with Crippen LogP contribution in [0.25, 0.3) is 0 Å². The van der Waals surface area contributed by atoms with Gasteiger partial charge in [-0.05, 0) is 31.7 Å². The molecule has 1 saturated carbocycles. The fraction of sp³-hybridized carbons (Fsp3) is 0.938. The lowest BCUT2D eigenvalue weighted by Gasteiger charge is -2.27. The van der Waals surface area contributed by atoms with E-state index < -0.39 is 0 Å². The summed E-state index contributed by atoms with van der Waals surface area (Å²) >= 11 is 0. The maximum atomic E-state index is 9.10. The summed E-state index contributed by atoms with van der Waals surface area (Å²) in [6.45, 7) is 5.70. The van der Waals surface area contributed by atoms with Crippen LogP contribution in [0.15, 0.2) is 0 Å². The molecule has 0 aromatic heterocycles. The predicted molar refractivity (Wildman–Crippen MR) is 77.3 cm³/mol. The van der Waals surface area contributed by atoms with E-state index in [0.29, 0.717) is 6.04 Å². The zero-order valence-electron chi connectivity index (χ0n) is 12.3. The first-order valence-electron chi connectivity index (χ1n) is 7.87. The topological polar surface area (TPSA) is 35.8 Å². The SMILES string of the molecule is CC(C)CCCCCCNC1CCCCC1C#N. The van der Waals surface area contributed by atoms with Crippen LogP contribution in [0.4, 0.5) is 0 Å². The van der Waals surface area contributed by atoms with Crippen LogP contribution < -0.4 is 5.32 Å². The van der Waals surface area contributed by atoms with Crippen molar-refractivity contribution in [1.82, 2.24) is 5.32 Å². The number of nitriles is 1. The van der Waals surface area contributed by atoms with Crippen molar-refractivity contribution < 1.29 is 0 Å². The molecule has 0 aliphatic heterocycles. The molecule has 0 saturated heterocycles. The van der Waals surface area contributed by atoms with Crippen LogP contribution in [0.1, 0.15) is 71.6 Å². The normalized spacial score (nSPS) is 24.1. The third-order valence-corrected chi connectivity index (χ3v) is 4.05. The molecule has 2 atom stereocenters. The van der Waals surface area contributed by atoms with Gasteiger partial charge in [0.25, 0.3) is 0 Å². The van der Waals surface area contributed by atoms with Crippen molar-refractivity contribution in [3.05, 3.63) is 0 Å². The Morgan fingerprint density at radius 1 is 1.11 bits per heavy atom. The van der Waals surface area contributed by atoms with Crippen molar-refractivity contribution in [2.45, 2.75) is 77.7 Å². The molecule has 1 fully saturated rings. The van der Waals surface area contributed by atoms with Gasteiger partial charge in [0.05, 0.1) is 12.0 Å². The fourth-order valence-electron chi connectivity index (χ4n) is 2.85. The summed E-state index contributed by atoms with van der Waals surface area (Å²) in [6, 6.07) is 2.94. The highest BCUT2D eigenvalue weighted by Crippen LogP contribution is 2.23. The number of nitrogens with one attached hydrogen (secondary N) is 1. The summed E-state index contributed by atoms with van der Waals surface area (Å²) in [5.74, 6) is 1.11.